The Hall–Kier alpha value is -1.63. The molecule has 1 atom stereocenters. The number of nitrogens with one attached hydrogen (secondary N) is 1. The molecule has 1 unspecified atom stereocenters. The minimum atomic E-state index is -0.266. The lowest BCUT2D eigenvalue weighted by molar-refractivity contribution is 0.132. The third kappa shape index (κ3) is 3.83. The highest BCUT2D eigenvalue weighted by molar-refractivity contribution is 5.74. The number of aliphatic hydroxyl groups excluding tert-OH is 1. The lowest BCUT2D eigenvalue weighted by Crippen LogP contribution is -2.46. The molecule has 1 aliphatic heterocycles. The zero-order valence-electron chi connectivity index (χ0n) is 13.9. The van der Waals surface area contributed by atoms with Crippen LogP contribution in [-0.2, 0) is 0 Å². The Bertz CT molecular complexity index is 533. The van der Waals surface area contributed by atoms with Gasteiger partial charge in [0.25, 0.3) is 0 Å². The van der Waals surface area contributed by atoms with Crippen molar-refractivity contribution in [1.29, 1.82) is 0 Å². The van der Waals surface area contributed by atoms with Gasteiger partial charge < -0.3 is 19.8 Å². The van der Waals surface area contributed by atoms with Gasteiger partial charge in [-0.2, -0.15) is 4.98 Å². The van der Waals surface area contributed by atoms with E-state index < -0.39 is 0 Å². The van der Waals surface area contributed by atoms with Gasteiger partial charge in [0.1, 0.15) is 6.04 Å². The van der Waals surface area contributed by atoms with Crippen LogP contribution < -0.4 is 5.32 Å². The topological polar surface area (TPSA) is 91.5 Å². The van der Waals surface area contributed by atoms with Crippen LogP contribution >= 0.6 is 0 Å². The molecule has 2 fully saturated rings. The molecule has 3 rings (SSSR count). The van der Waals surface area contributed by atoms with Crippen LogP contribution in [0.5, 0.6) is 0 Å². The van der Waals surface area contributed by atoms with E-state index in [1.54, 1.807) is 4.90 Å². The molecule has 1 aromatic heterocycles. The fraction of sp³-hybridized carbons (Fsp3) is 0.812. The summed E-state index contributed by atoms with van der Waals surface area (Å²) in [6.45, 7) is 5.63. The molecule has 7 heteroatoms. The Morgan fingerprint density at radius 3 is 2.61 bits per heavy atom. The van der Waals surface area contributed by atoms with Gasteiger partial charge in [-0.25, -0.2) is 4.79 Å². The summed E-state index contributed by atoms with van der Waals surface area (Å²) in [4.78, 5) is 18.8. The van der Waals surface area contributed by atoms with Gasteiger partial charge in [0.15, 0.2) is 5.82 Å². The van der Waals surface area contributed by atoms with E-state index in [1.807, 2.05) is 13.8 Å². The van der Waals surface area contributed by atoms with Crippen molar-refractivity contribution in [2.24, 2.45) is 11.8 Å². The number of carbonyl (C=O) groups excluding carboxylic acids is 1. The van der Waals surface area contributed by atoms with Crippen molar-refractivity contribution in [2.75, 3.05) is 19.7 Å². The van der Waals surface area contributed by atoms with Crippen molar-refractivity contribution in [2.45, 2.75) is 51.5 Å². The average molecular weight is 322 g/mol. The van der Waals surface area contributed by atoms with Gasteiger partial charge in [0.2, 0.25) is 5.89 Å². The molecule has 2 aliphatic rings. The van der Waals surface area contributed by atoms with Crippen molar-refractivity contribution >= 4 is 6.03 Å². The maximum Gasteiger partial charge on any atom is 0.318 e. The van der Waals surface area contributed by atoms with E-state index in [2.05, 4.69) is 15.5 Å². The van der Waals surface area contributed by atoms with Gasteiger partial charge in [0, 0.05) is 25.6 Å². The Morgan fingerprint density at radius 1 is 1.35 bits per heavy atom. The second kappa shape index (κ2) is 6.86. The van der Waals surface area contributed by atoms with Crippen LogP contribution in [0.15, 0.2) is 4.52 Å². The highest BCUT2D eigenvalue weighted by atomic mass is 16.5. The third-order valence-corrected chi connectivity index (χ3v) is 4.77. The smallest absolute Gasteiger partial charge is 0.318 e. The molecule has 1 saturated heterocycles. The second-order valence-corrected chi connectivity index (χ2v) is 7.05. The molecular weight excluding hydrogens is 296 g/mol. The van der Waals surface area contributed by atoms with Gasteiger partial charge in [0.05, 0.1) is 0 Å². The predicted octanol–water partition coefficient (Wildman–Crippen LogP) is 2.06. The number of amides is 2. The fourth-order valence-electron chi connectivity index (χ4n) is 2.94. The summed E-state index contributed by atoms with van der Waals surface area (Å²) in [6, 6.07) is -0.357. The van der Waals surface area contributed by atoms with Crippen LogP contribution in [0.3, 0.4) is 0 Å². The summed E-state index contributed by atoms with van der Waals surface area (Å²) >= 11 is 0. The number of aromatic nitrogens is 2. The first-order valence-corrected chi connectivity index (χ1v) is 8.58. The van der Waals surface area contributed by atoms with E-state index >= 15 is 0 Å². The number of hydrogen-bond donors (Lipinski definition) is 2. The summed E-state index contributed by atoms with van der Waals surface area (Å²) in [6.07, 6.45) is 3.94. The summed E-state index contributed by atoms with van der Waals surface area (Å²) < 4.78 is 5.38. The first-order valence-electron chi connectivity index (χ1n) is 8.58. The molecule has 23 heavy (non-hydrogen) atoms. The minimum absolute atomic E-state index is 0.0914. The van der Waals surface area contributed by atoms with E-state index in [0.717, 1.165) is 31.5 Å². The SMILES string of the molecule is CC(C)C(NC(=O)N1CCC(CO)CC1)c1nc(C2CC2)no1. The van der Waals surface area contributed by atoms with Crippen LogP contribution in [0.25, 0.3) is 0 Å². The van der Waals surface area contributed by atoms with Crippen LogP contribution in [0.2, 0.25) is 0 Å². The van der Waals surface area contributed by atoms with Crippen LogP contribution in [0.4, 0.5) is 4.79 Å². The Morgan fingerprint density at radius 2 is 2.04 bits per heavy atom. The summed E-state index contributed by atoms with van der Waals surface area (Å²) in [5, 5.41) is 16.3. The maximum absolute atomic E-state index is 12.5. The first-order chi connectivity index (χ1) is 11.1. The van der Waals surface area contributed by atoms with Crippen LogP contribution in [-0.4, -0.2) is 45.9 Å². The molecule has 2 heterocycles. The molecule has 0 radical (unpaired) electrons. The number of aliphatic hydroxyl groups is 1. The average Bonchev–Trinajstić information content (AvgIpc) is 3.30. The molecule has 0 bridgehead atoms. The van der Waals surface area contributed by atoms with Gasteiger partial charge in [-0.05, 0) is 37.5 Å². The molecule has 1 saturated carbocycles. The van der Waals surface area contributed by atoms with E-state index in [-0.39, 0.29) is 24.6 Å². The van der Waals surface area contributed by atoms with Crippen LogP contribution in [0.1, 0.15) is 63.2 Å². The van der Waals surface area contributed by atoms with E-state index in [9.17, 15) is 9.90 Å². The number of carbonyl (C=O) groups is 1. The quantitative estimate of drug-likeness (QED) is 0.866. The lowest BCUT2D eigenvalue weighted by atomic mass is 9.98. The van der Waals surface area contributed by atoms with Crippen LogP contribution in [0, 0.1) is 11.8 Å². The monoisotopic (exact) mass is 322 g/mol. The molecule has 0 aromatic carbocycles. The van der Waals surface area contributed by atoms with Crippen molar-refractivity contribution in [3.63, 3.8) is 0 Å². The number of rotatable bonds is 5. The summed E-state index contributed by atoms with van der Waals surface area (Å²) in [5.74, 6) is 2.19. The van der Waals surface area contributed by atoms with Gasteiger partial charge in [-0.1, -0.05) is 19.0 Å². The molecule has 1 aliphatic carbocycles. The number of urea groups is 1. The minimum Gasteiger partial charge on any atom is -0.396 e. The number of piperidine rings is 1. The van der Waals surface area contributed by atoms with E-state index in [0.29, 0.717) is 30.8 Å². The van der Waals surface area contributed by atoms with E-state index in [4.69, 9.17) is 4.52 Å². The standard InChI is InChI=1S/C16H26N4O3/c1-10(2)13(15-18-14(19-23-15)12-3-4-12)17-16(22)20-7-5-11(9-21)6-8-20/h10-13,21H,3-9H2,1-2H3,(H,17,22). The molecule has 2 N–H and O–H groups in total. The normalized spacial score (nSPS) is 20.8. The lowest BCUT2D eigenvalue weighted by Gasteiger charge is -2.32. The second-order valence-electron chi connectivity index (χ2n) is 7.05. The third-order valence-electron chi connectivity index (χ3n) is 4.77. The Kier molecular flexibility index (Phi) is 4.84. The molecule has 1 aromatic rings. The largest absolute Gasteiger partial charge is 0.396 e. The summed E-state index contributed by atoms with van der Waals surface area (Å²) in [5.41, 5.74) is 0. The van der Waals surface area contributed by atoms with Crippen molar-refractivity contribution in [3.05, 3.63) is 11.7 Å². The number of likely N-dealkylation sites (tertiary alicyclic amines) is 1. The molecule has 7 nitrogen and oxygen atoms in total. The molecule has 0 spiro atoms. The summed E-state index contributed by atoms with van der Waals surface area (Å²) in [7, 11) is 0. The van der Waals surface area contributed by atoms with Gasteiger partial charge in [-0.15, -0.1) is 0 Å². The molecular formula is C16H26N4O3. The van der Waals surface area contributed by atoms with Gasteiger partial charge >= 0.3 is 6.03 Å². The fourth-order valence-corrected chi connectivity index (χ4v) is 2.94. The maximum atomic E-state index is 12.5. The van der Waals surface area contributed by atoms with E-state index in [1.165, 1.54) is 0 Å². The Labute approximate surface area is 136 Å². The predicted molar refractivity (Wildman–Crippen MR) is 83.8 cm³/mol. The molecule has 2 amide bonds. The highest BCUT2D eigenvalue weighted by Crippen LogP contribution is 2.38. The zero-order chi connectivity index (χ0) is 16.4. The zero-order valence-corrected chi connectivity index (χ0v) is 13.9. The number of hydrogen-bond acceptors (Lipinski definition) is 5. The first kappa shape index (κ1) is 16.2. The van der Waals surface area contributed by atoms with Crippen molar-refractivity contribution in [3.8, 4) is 0 Å². The highest BCUT2D eigenvalue weighted by Gasteiger charge is 2.32. The van der Waals surface area contributed by atoms with Crippen molar-refractivity contribution in [1.82, 2.24) is 20.4 Å². The number of nitrogens with zero attached hydrogens (tertiary/aromatic N) is 3. The Balaban J connectivity index is 1.61. The van der Waals surface area contributed by atoms with Gasteiger partial charge in [-0.3, -0.25) is 0 Å². The molecule has 128 valence electrons. The van der Waals surface area contributed by atoms with Crippen molar-refractivity contribution < 1.29 is 14.4 Å².